The fraction of sp³-hybridized carbons (Fsp3) is 0.400. The number of carbonyl (C=O) groups excluding carboxylic acids is 2. The zero-order valence-corrected chi connectivity index (χ0v) is 10.6. The second-order valence-corrected chi connectivity index (χ2v) is 4.91. The molecule has 0 fully saturated rings. The molecule has 2 amide bonds. The summed E-state index contributed by atoms with van der Waals surface area (Å²) in [4.78, 5) is 23.5. The van der Waals surface area contributed by atoms with E-state index in [9.17, 15) is 9.59 Å². The average Bonchev–Trinajstić information content (AvgIpc) is 2.65. The quantitative estimate of drug-likeness (QED) is 0.865. The Kier molecular flexibility index (Phi) is 4.76. The summed E-state index contributed by atoms with van der Waals surface area (Å²) in [6.07, 6.45) is 0. The molecule has 0 unspecified atom stereocenters. The minimum absolute atomic E-state index is 0.196. The molecule has 0 spiro atoms. The number of amides is 2. The number of thiophene rings is 1. The molecule has 1 heterocycles. The predicted octanol–water partition coefficient (Wildman–Crippen LogP) is 1.66. The Bertz CT molecular complexity index is 392. The minimum atomic E-state index is -0.548. The van der Waals surface area contributed by atoms with E-state index in [-0.39, 0.29) is 11.8 Å². The van der Waals surface area contributed by atoms with E-state index in [1.807, 2.05) is 6.92 Å². The lowest BCUT2D eigenvalue weighted by atomic mass is 10.3. The fourth-order valence-corrected chi connectivity index (χ4v) is 2.04. The molecule has 0 radical (unpaired) electrons. The van der Waals surface area contributed by atoms with Crippen molar-refractivity contribution in [1.82, 2.24) is 10.6 Å². The largest absolute Gasteiger partial charge is 0.355 e. The molecule has 6 heteroatoms. The zero-order chi connectivity index (χ0) is 12.1. The van der Waals surface area contributed by atoms with Crippen molar-refractivity contribution >= 4 is 34.8 Å². The fourth-order valence-electron chi connectivity index (χ4n) is 1.10. The molecule has 4 nitrogen and oxygen atoms in total. The lowest BCUT2D eigenvalue weighted by molar-refractivity contribution is -0.122. The summed E-state index contributed by atoms with van der Waals surface area (Å²) in [6.45, 7) is 4.01. The summed E-state index contributed by atoms with van der Waals surface area (Å²) in [6, 6.07) is 2.73. The van der Waals surface area contributed by atoms with Gasteiger partial charge in [0.1, 0.15) is 6.04 Å². The highest BCUT2D eigenvalue weighted by molar-refractivity contribution is 7.18. The Hall–Kier alpha value is -1.07. The van der Waals surface area contributed by atoms with Crippen LogP contribution in [0.2, 0.25) is 4.34 Å². The van der Waals surface area contributed by atoms with Crippen molar-refractivity contribution in [2.75, 3.05) is 6.54 Å². The standard InChI is InChI=1S/C10H13ClN2O2S/c1-3-12-9(14)6(2)13-10(15)7-4-5-8(11)16-7/h4-6H,3H2,1-2H3,(H,12,14)(H,13,15)/t6-/m1/s1. The van der Waals surface area contributed by atoms with Gasteiger partial charge in [0.2, 0.25) is 5.91 Å². The number of halogens is 1. The van der Waals surface area contributed by atoms with Crippen LogP contribution in [-0.4, -0.2) is 24.4 Å². The van der Waals surface area contributed by atoms with Gasteiger partial charge in [0.25, 0.3) is 5.91 Å². The number of hydrogen-bond donors (Lipinski definition) is 2. The van der Waals surface area contributed by atoms with Gasteiger partial charge in [-0.1, -0.05) is 11.6 Å². The van der Waals surface area contributed by atoms with Gasteiger partial charge in [0.05, 0.1) is 9.21 Å². The van der Waals surface area contributed by atoms with E-state index in [0.29, 0.717) is 15.8 Å². The smallest absolute Gasteiger partial charge is 0.262 e. The zero-order valence-electron chi connectivity index (χ0n) is 9.04. The molecule has 0 aromatic carbocycles. The van der Waals surface area contributed by atoms with Gasteiger partial charge in [-0.25, -0.2) is 0 Å². The summed E-state index contributed by atoms with van der Waals surface area (Å²) in [5.74, 6) is -0.478. The summed E-state index contributed by atoms with van der Waals surface area (Å²) in [5, 5.41) is 5.23. The molecule has 16 heavy (non-hydrogen) atoms. The molecule has 0 aliphatic carbocycles. The third-order valence-electron chi connectivity index (χ3n) is 1.89. The van der Waals surface area contributed by atoms with Crippen LogP contribution in [0.5, 0.6) is 0 Å². The highest BCUT2D eigenvalue weighted by Crippen LogP contribution is 2.21. The van der Waals surface area contributed by atoms with Crippen molar-refractivity contribution in [3.8, 4) is 0 Å². The molecular formula is C10H13ClN2O2S. The van der Waals surface area contributed by atoms with E-state index >= 15 is 0 Å². The normalized spacial score (nSPS) is 11.9. The molecule has 1 aromatic heterocycles. The van der Waals surface area contributed by atoms with E-state index in [1.54, 1.807) is 19.1 Å². The van der Waals surface area contributed by atoms with Crippen molar-refractivity contribution < 1.29 is 9.59 Å². The molecule has 2 N–H and O–H groups in total. The van der Waals surface area contributed by atoms with Crippen LogP contribution in [0.25, 0.3) is 0 Å². The maximum atomic E-state index is 11.6. The van der Waals surface area contributed by atoms with Crippen LogP contribution < -0.4 is 10.6 Å². The average molecular weight is 261 g/mol. The van der Waals surface area contributed by atoms with E-state index < -0.39 is 6.04 Å². The van der Waals surface area contributed by atoms with Crippen LogP contribution in [0.4, 0.5) is 0 Å². The van der Waals surface area contributed by atoms with E-state index in [1.165, 1.54) is 11.3 Å². The molecule has 0 bridgehead atoms. The van der Waals surface area contributed by atoms with Crippen LogP contribution in [0, 0.1) is 0 Å². The Labute approximate surface area is 103 Å². The highest BCUT2D eigenvalue weighted by Gasteiger charge is 2.16. The van der Waals surface area contributed by atoms with Crippen LogP contribution in [0.15, 0.2) is 12.1 Å². The van der Waals surface area contributed by atoms with Crippen LogP contribution in [-0.2, 0) is 4.79 Å². The molecule has 0 aliphatic rings. The van der Waals surface area contributed by atoms with E-state index in [0.717, 1.165) is 0 Å². The minimum Gasteiger partial charge on any atom is -0.355 e. The maximum Gasteiger partial charge on any atom is 0.262 e. The number of carbonyl (C=O) groups is 2. The third kappa shape index (κ3) is 3.50. The molecule has 1 aromatic rings. The van der Waals surface area contributed by atoms with Gasteiger partial charge in [-0.2, -0.15) is 0 Å². The molecule has 0 saturated heterocycles. The van der Waals surface area contributed by atoms with Crippen molar-refractivity contribution in [3.63, 3.8) is 0 Å². The highest BCUT2D eigenvalue weighted by atomic mass is 35.5. The number of rotatable bonds is 4. The number of likely N-dealkylation sites (N-methyl/N-ethyl adjacent to an activating group) is 1. The SMILES string of the molecule is CCNC(=O)[C@@H](C)NC(=O)c1ccc(Cl)s1. The number of hydrogen-bond acceptors (Lipinski definition) is 3. The van der Waals surface area contributed by atoms with Gasteiger partial charge >= 0.3 is 0 Å². The van der Waals surface area contributed by atoms with Gasteiger partial charge in [0.15, 0.2) is 0 Å². The van der Waals surface area contributed by atoms with Crippen molar-refractivity contribution in [1.29, 1.82) is 0 Å². The molecule has 0 saturated carbocycles. The molecule has 88 valence electrons. The summed E-state index contributed by atoms with van der Waals surface area (Å²) >= 11 is 6.90. The Balaban J connectivity index is 2.54. The molecular weight excluding hydrogens is 248 g/mol. The topological polar surface area (TPSA) is 58.2 Å². The van der Waals surface area contributed by atoms with Crippen molar-refractivity contribution in [3.05, 3.63) is 21.3 Å². The molecule has 0 aliphatic heterocycles. The Morgan fingerprint density at radius 3 is 2.69 bits per heavy atom. The first-order valence-corrected chi connectivity index (χ1v) is 6.08. The van der Waals surface area contributed by atoms with E-state index in [4.69, 9.17) is 11.6 Å². The van der Waals surface area contributed by atoms with Crippen LogP contribution in [0.1, 0.15) is 23.5 Å². The molecule has 1 atom stereocenters. The first-order chi connectivity index (χ1) is 7.54. The lowest BCUT2D eigenvalue weighted by Crippen LogP contribution is -2.44. The van der Waals surface area contributed by atoms with Crippen molar-refractivity contribution in [2.24, 2.45) is 0 Å². The van der Waals surface area contributed by atoms with Gasteiger partial charge in [-0.15, -0.1) is 11.3 Å². The maximum absolute atomic E-state index is 11.6. The number of nitrogens with one attached hydrogen (secondary N) is 2. The third-order valence-corrected chi connectivity index (χ3v) is 3.12. The van der Waals surface area contributed by atoms with Crippen LogP contribution >= 0.6 is 22.9 Å². The monoisotopic (exact) mass is 260 g/mol. The summed E-state index contributed by atoms with van der Waals surface area (Å²) in [7, 11) is 0. The Morgan fingerprint density at radius 1 is 1.50 bits per heavy atom. The van der Waals surface area contributed by atoms with Gasteiger partial charge in [0, 0.05) is 6.54 Å². The first kappa shape index (κ1) is 13.0. The second-order valence-electron chi connectivity index (χ2n) is 3.19. The van der Waals surface area contributed by atoms with Gasteiger partial charge < -0.3 is 10.6 Å². The predicted molar refractivity (Wildman–Crippen MR) is 64.9 cm³/mol. The summed E-state index contributed by atoms with van der Waals surface area (Å²) in [5.41, 5.74) is 0. The first-order valence-electron chi connectivity index (χ1n) is 4.88. The lowest BCUT2D eigenvalue weighted by Gasteiger charge is -2.12. The summed E-state index contributed by atoms with van der Waals surface area (Å²) < 4.78 is 0.552. The second kappa shape index (κ2) is 5.86. The molecule has 1 rings (SSSR count). The Morgan fingerprint density at radius 2 is 2.19 bits per heavy atom. The van der Waals surface area contributed by atoms with Crippen LogP contribution in [0.3, 0.4) is 0 Å². The van der Waals surface area contributed by atoms with E-state index in [2.05, 4.69) is 10.6 Å². The van der Waals surface area contributed by atoms with Crippen molar-refractivity contribution in [2.45, 2.75) is 19.9 Å². The van der Waals surface area contributed by atoms with Gasteiger partial charge in [-0.3, -0.25) is 9.59 Å². The van der Waals surface area contributed by atoms with Gasteiger partial charge in [-0.05, 0) is 26.0 Å².